The third-order valence-corrected chi connectivity index (χ3v) is 6.85. The zero-order valence-electron chi connectivity index (χ0n) is 21.4. The van der Waals surface area contributed by atoms with Gasteiger partial charge in [-0.25, -0.2) is 0 Å². The van der Waals surface area contributed by atoms with Gasteiger partial charge in [0, 0.05) is 5.92 Å². The highest BCUT2D eigenvalue weighted by Gasteiger charge is 2.11. The molecule has 179 valence electrons. The molecule has 31 heavy (non-hydrogen) atoms. The molecule has 0 heterocycles. The molecule has 0 unspecified atom stereocenters. The molecule has 0 fully saturated rings. The number of hydrogen-bond acceptors (Lipinski definition) is 0. The standard InChI is InChI=1S/C31H55/c1-3-5-7-9-11-13-15-17-19-22-26-30(31-28-24-21-25-29-31)27-23-20-18-16-14-12-10-8-6-4-2/h21,24-25,28-29H,3-20,22-23,26-27H2,1-2H3. The maximum Gasteiger partial charge on any atom is 0.00498 e. The van der Waals surface area contributed by atoms with E-state index in [2.05, 4.69) is 44.2 Å². The van der Waals surface area contributed by atoms with Gasteiger partial charge in [-0.2, -0.15) is 0 Å². The van der Waals surface area contributed by atoms with Crippen molar-refractivity contribution in [3.8, 4) is 0 Å². The van der Waals surface area contributed by atoms with Crippen LogP contribution < -0.4 is 0 Å². The molecule has 0 aliphatic rings. The summed E-state index contributed by atoms with van der Waals surface area (Å²) in [4.78, 5) is 0. The predicted octanol–water partition coefficient (Wildman–Crippen LogP) is 11.2. The van der Waals surface area contributed by atoms with Gasteiger partial charge in [-0.05, 0) is 18.4 Å². The van der Waals surface area contributed by atoms with Crippen LogP contribution >= 0.6 is 0 Å². The molecule has 1 rings (SSSR count). The lowest BCUT2D eigenvalue weighted by Crippen LogP contribution is -2.01. The van der Waals surface area contributed by atoms with Crippen molar-refractivity contribution in [2.24, 2.45) is 0 Å². The smallest absolute Gasteiger partial charge is 0.00498 e. The molecule has 0 aliphatic heterocycles. The lowest BCUT2D eigenvalue weighted by Gasteiger charge is -2.17. The first kappa shape index (κ1) is 28.3. The predicted molar refractivity (Wildman–Crippen MR) is 142 cm³/mol. The molecule has 0 heteroatoms. The minimum Gasteiger partial charge on any atom is -0.0654 e. The highest BCUT2D eigenvalue weighted by atomic mass is 14.2. The Kier molecular flexibility index (Phi) is 20.4. The molecule has 0 atom stereocenters. The summed E-state index contributed by atoms with van der Waals surface area (Å²) in [7, 11) is 0. The van der Waals surface area contributed by atoms with Crippen LogP contribution in [0.4, 0.5) is 0 Å². The second-order valence-corrected chi connectivity index (χ2v) is 9.83. The van der Waals surface area contributed by atoms with Crippen molar-refractivity contribution in [3.63, 3.8) is 0 Å². The van der Waals surface area contributed by atoms with Crippen molar-refractivity contribution in [3.05, 3.63) is 41.8 Å². The summed E-state index contributed by atoms with van der Waals surface area (Å²) in [5, 5.41) is 0. The van der Waals surface area contributed by atoms with E-state index in [1.165, 1.54) is 147 Å². The van der Waals surface area contributed by atoms with Crippen LogP contribution in [-0.4, -0.2) is 0 Å². The molecule has 1 radical (unpaired) electrons. The Bertz CT molecular complexity index is 424. The van der Waals surface area contributed by atoms with Gasteiger partial charge in [0.15, 0.2) is 0 Å². The van der Waals surface area contributed by atoms with Gasteiger partial charge in [-0.1, -0.05) is 173 Å². The maximum absolute atomic E-state index is 2.34. The highest BCUT2D eigenvalue weighted by Crippen LogP contribution is 2.27. The largest absolute Gasteiger partial charge is 0.0654 e. The van der Waals surface area contributed by atoms with E-state index in [1.807, 2.05) is 0 Å². The first-order chi connectivity index (χ1) is 15.4. The topological polar surface area (TPSA) is 0 Å². The molecule has 1 aromatic carbocycles. The van der Waals surface area contributed by atoms with Gasteiger partial charge in [0.1, 0.15) is 0 Å². The van der Waals surface area contributed by atoms with Gasteiger partial charge in [0.25, 0.3) is 0 Å². The van der Waals surface area contributed by atoms with E-state index in [4.69, 9.17) is 0 Å². The van der Waals surface area contributed by atoms with Gasteiger partial charge in [0.2, 0.25) is 0 Å². The molecule has 0 N–H and O–H groups in total. The molecule has 0 aliphatic carbocycles. The fourth-order valence-corrected chi connectivity index (χ4v) is 4.74. The first-order valence-electron chi connectivity index (χ1n) is 14.3. The van der Waals surface area contributed by atoms with Crippen molar-refractivity contribution in [1.29, 1.82) is 0 Å². The van der Waals surface area contributed by atoms with E-state index < -0.39 is 0 Å². The molecule has 0 aromatic heterocycles. The van der Waals surface area contributed by atoms with Gasteiger partial charge in [-0.15, -0.1) is 0 Å². The summed E-state index contributed by atoms with van der Waals surface area (Å²) in [6, 6.07) is 11.3. The van der Waals surface area contributed by atoms with Crippen molar-refractivity contribution >= 4 is 0 Å². The Morgan fingerprint density at radius 1 is 0.419 bits per heavy atom. The van der Waals surface area contributed by atoms with Crippen LogP contribution in [0.1, 0.15) is 161 Å². The Hall–Kier alpha value is -0.780. The zero-order valence-corrected chi connectivity index (χ0v) is 21.4. The molecule has 1 aromatic rings. The average Bonchev–Trinajstić information content (AvgIpc) is 2.80. The normalized spacial score (nSPS) is 11.5. The molecular weight excluding hydrogens is 372 g/mol. The van der Waals surface area contributed by atoms with Gasteiger partial charge in [-0.3, -0.25) is 0 Å². The molecule has 0 bridgehead atoms. The SMILES string of the molecule is CCCCCCCCCCCC[C](CCCCCCCCCCCC)c1ccccc1. The third-order valence-electron chi connectivity index (χ3n) is 6.85. The second-order valence-electron chi connectivity index (χ2n) is 9.83. The van der Waals surface area contributed by atoms with E-state index >= 15 is 0 Å². The van der Waals surface area contributed by atoms with Crippen LogP contribution in [0.25, 0.3) is 0 Å². The molecule has 0 saturated carbocycles. The summed E-state index contributed by atoms with van der Waals surface area (Å²) in [6.45, 7) is 4.61. The Morgan fingerprint density at radius 2 is 0.742 bits per heavy atom. The summed E-state index contributed by atoms with van der Waals surface area (Å²) in [5.74, 6) is 1.72. The van der Waals surface area contributed by atoms with Crippen LogP contribution in [0.5, 0.6) is 0 Å². The van der Waals surface area contributed by atoms with Crippen LogP contribution in [0, 0.1) is 5.92 Å². The Balaban J connectivity index is 2.10. The number of rotatable bonds is 23. The molecule has 0 saturated heterocycles. The van der Waals surface area contributed by atoms with Gasteiger partial charge in [0.05, 0.1) is 0 Å². The van der Waals surface area contributed by atoms with Gasteiger partial charge < -0.3 is 0 Å². The van der Waals surface area contributed by atoms with Crippen molar-refractivity contribution in [2.75, 3.05) is 0 Å². The quantitative estimate of drug-likeness (QED) is 0.152. The summed E-state index contributed by atoms with van der Waals surface area (Å²) < 4.78 is 0. The fourth-order valence-electron chi connectivity index (χ4n) is 4.74. The summed E-state index contributed by atoms with van der Waals surface area (Å²) in [6.07, 6.45) is 31.2. The second kappa shape index (κ2) is 22.4. The lowest BCUT2D eigenvalue weighted by atomic mass is 9.88. The van der Waals surface area contributed by atoms with Crippen LogP contribution in [0.15, 0.2) is 30.3 Å². The summed E-state index contributed by atoms with van der Waals surface area (Å²) in [5.41, 5.74) is 1.51. The van der Waals surface area contributed by atoms with E-state index in [0.29, 0.717) is 0 Å². The minimum absolute atomic E-state index is 1.32. The van der Waals surface area contributed by atoms with Crippen LogP contribution in [-0.2, 0) is 0 Å². The van der Waals surface area contributed by atoms with Gasteiger partial charge >= 0.3 is 0 Å². The van der Waals surface area contributed by atoms with Crippen molar-refractivity contribution < 1.29 is 0 Å². The fraction of sp³-hybridized carbons (Fsp3) is 0.774. The van der Waals surface area contributed by atoms with E-state index in [9.17, 15) is 0 Å². The maximum atomic E-state index is 2.34. The molecular formula is C31H55. The van der Waals surface area contributed by atoms with Crippen LogP contribution in [0.2, 0.25) is 0 Å². The van der Waals surface area contributed by atoms with E-state index in [1.54, 1.807) is 5.92 Å². The number of benzene rings is 1. The Labute approximate surface area is 197 Å². The monoisotopic (exact) mass is 427 g/mol. The lowest BCUT2D eigenvalue weighted by molar-refractivity contribution is 0.536. The van der Waals surface area contributed by atoms with Crippen molar-refractivity contribution in [1.82, 2.24) is 0 Å². The molecule has 0 spiro atoms. The first-order valence-corrected chi connectivity index (χ1v) is 14.3. The molecule has 0 nitrogen and oxygen atoms in total. The number of hydrogen-bond donors (Lipinski definition) is 0. The van der Waals surface area contributed by atoms with Crippen LogP contribution in [0.3, 0.4) is 0 Å². The van der Waals surface area contributed by atoms with Crippen molar-refractivity contribution in [2.45, 2.75) is 155 Å². The third kappa shape index (κ3) is 17.5. The van der Waals surface area contributed by atoms with E-state index in [0.717, 1.165) is 0 Å². The highest BCUT2D eigenvalue weighted by molar-refractivity contribution is 5.30. The minimum atomic E-state index is 1.32. The zero-order chi connectivity index (χ0) is 22.2. The molecule has 0 amide bonds. The average molecular weight is 428 g/mol. The van der Waals surface area contributed by atoms with E-state index in [-0.39, 0.29) is 0 Å². The number of unbranched alkanes of at least 4 members (excludes halogenated alkanes) is 18. The Morgan fingerprint density at radius 3 is 1.10 bits per heavy atom. The summed E-state index contributed by atoms with van der Waals surface area (Å²) >= 11 is 0.